The molecule has 0 saturated carbocycles. The second kappa shape index (κ2) is 5.86. The fourth-order valence-corrected chi connectivity index (χ4v) is 2.40. The topological polar surface area (TPSA) is 70.2 Å². The lowest BCUT2D eigenvalue weighted by Gasteiger charge is -2.26. The standard InChI is InChI=1S/C12H20N4O2/c1-3-13-7-9-5-4-6-16(9)11-10(18-2)12(17)15-8-14-11/h8-9,13H,3-7H2,1-2H3,(H,14,15,17). The maximum atomic E-state index is 11.7. The van der Waals surface area contributed by atoms with Crippen LogP contribution in [0, 0.1) is 0 Å². The van der Waals surface area contributed by atoms with Gasteiger partial charge in [0.2, 0.25) is 5.75 Å². The molecule has 0 radical (unpaired) electrons. The van der Waals surface area contributed by atoms with E-state index in [4.69, 9.17) is 4.74 Å². The number of anilines is 1. The Morgan fingerprint density at radius 2 is 2.50 bits per heavy atom. The van der Waals surface area contributed by atoms with Gasteiger partial charge in [-0.05, 0) is 19.4 Å². The maximum Gasteiger partial charge on any atom is 0.295 e. The summed E-state index contributed by atoms with van der Waals surface area (Å²) in [5.74, 6) is 0.961. The van der Waals surface area contributed by atoms with E-state index in [0.29, 0.717) is 17.6 Å². The molecule has 1 aromatic rings. The number of H-pyrrole nitrogens is 1. The van der Waals surface area contributed by atoms with E-state index in [1.165, 1.54) is 13.4 Å². The predicted molar refractivity (Wildman–Crippen MR) is 70.3 cm³/mol. The highest BCUT2D eigenvalue weighted by atomic mass is 16.5. The molecule has 1 aromatic heterocycles. The van der Waals surface area contributed by atoms with Gasteiger partial charge in [0.05, 0.1) is 13.4 Å². The van der Waals surface area contributed by atoms with E-state index in [2.05, 4.69) is 27.1 Å². The average molecular weight is 252 g/mol. The van der Waals surface area contributed by atoms with E-state index in [0.717, 1.165) is 32.5 Å². The third kappa shape index (κ3) is 2.48. The van der Waals surface area contributed by atoms with Crippen molar-refractivity contribution in [3.63, 3.8) is 0 Å². The van der Waals surface area contributed by atoms with Crippen molar-refractivity contribution < 1.29 is 4.74 Å². The summed E-state index contributed by atoms with van der Waals surface area (Å²) < 4.78 is 5.17. The van der Waals surface area contributed by atoms with Gasteiger partial charge in [0.15, 0.2) is 5.82 Å². The van der Waals surface area contributed by atoms with Crippen molar-refractivity contribution in [2.45, 2.75) is 25.8 Å². The van der Waals surface area contributed by atoms with Gasteiger partial charge in [0.25, 0.3) is 5.56 Å². The van der Waals surface area contributed by atoms with Crippen LogP contribution in [0.3, 0.4) is 0 Å². The Balaban J connectivity index is 2.24. The van der Waals surface area contributed by atoms with Crippen LogP contribution in [0.15, 0.2) is 11.1 Å². The summed E-state index contributed by atoms with van der Waals surface area (Å²) >= 11 is 0. The van der Waals surface area contributed by atoms with Crippen LogP contribution in [-0.2, 0) is 0 Å². The van der Waals surface area contributed by atoms with Gasteiger partial charge in [-0.2, -0.15) is 0 Å². The summed E-state index contributed by atoms with van der Waals surface area (Å²) in [6, 6.07) is 0.383. The Morgan fingerprint density at radius 3 is 3.22 bits per heavy atom. The lowest BCUT2D eigenvalue weighted by molar-refractivity contribution is 0.404. The average Bonchev–Trinajstić information content (AvgIpc) is 2.84. The minimum atomic E-state index is -0.225. The molecule has 1 fully saturated rings. The van der Waals surface area contributed by atoms with Crippen LogP contribution in [0.25, 0.3) is 0 Å². The summed E-state index contributed by atoms with van der Waals surface area (Å²) in [4.78, 5) is 20.7. The van der Waals surface area contributed by atoms with E-state index < -0.39 is 0 Å². The maximum absolute atomic E-state index is 11.7. The molecular formula is C12H20N4O2. The van der Waals surface area contributed by atoms with Gasteiger partial charge in [-0.15, -0.1) is 0 Å². The Hall–Kier alpha value is -1.56. The van der Waals surface area contributed by atoms with Crippen molar-refractivity contribution in [3.05, 3.63) is 16.7 Å². The molecule has 1 unspecified atom stereocenters. The summed E-state index contributed by atoms with van der Waals surface area (Å²) in [6.07, 6.45) is 3.67. The van der Waals surface area contributed by atoms with Gasteiger partial charge in [0.1, 0.15) is 0 Å². The molecule has 0 amide bonds. The third-order valence-electron chi connectivity index (χ3n) is 3.28. The van der Waals surface area contributed by atoms with Crippen molar-refractivity contribution >= 4 is 5.82 Å². The highest BCUT2D eigenvalue weighted by Crippen LogP contribution is 2.28. The molecule has 2 heterocycles. The molecule has 6 heteroatoms. The monoisotopic (exact) mass is 252 g/mol. The summed E-state index contributed by atoms with van der Waals surface area (Å²) in [5.41, 5.74) is -0.225. The number of ether oxygens (including phenoxy) is 1. The number of methoxy groups -OCH3 is 1. The summed E-state index contributed by atoms with van der Waals surface area (Å²) in [6.45, 7) is 4.87. The van der Waals surface area contributed by atoms with E-state index in [-0.39, 0.29) is 5.56 Å². The lowest BCUT2D eigenvalue weighted by Crippen LogP contribution is -2.39. The molecule has 0 aromatic carbocycles. The van der Waals surface area contributed by atoms with Crippen LogP contribution in [-0.4, -0.2) is 42.8 Å². The first kappa shape index (κ1) is 12.9. The largest absolute Gasteiger partial charge is 0.489 e. The fraction of sp³-hybridized carbons (Fsp3) is 0.667. The van der Waals surface area contributed by atoms with Crippen LogP contribution >= 0.6 is 0 Å². The molecule has 100 valence electrons. The Morgan fingerprint density at radius 1 is 1.67 bits per heavy atom. The van der Waals surface area contributed by atoms with Gasteiger partial charge >= 0.3 is 0 Å². The minimum absolute atomic E-state index is 0.225. The SMILES string of the molecule is CCNCC1CCCN1c1nc[nH]c(=O)c1OC. The molecule has 0 spiro atoms. The normalized spacial score (nSPS) is 19.2. The van der Waals surface area contributed by atoms with Gasteiger partial charge in [-0.1, -0.05) is 6.92 Å². The van der Waals surface area contributed by atoms with Gasteiger partial charge in [-0.25, -0.2) is 4.98 Å². The first-order valence-corrected chi connectivity index (χ1v) is 6.37. The van der Waals surface area contributed by atoms with Gasteiger partial charge < -0.3 is 19.9 Å². The molecular weight excluding hydrogens is 232 g/mol. The van der Waals surface area contributed by atoms with E-state index >= 15 is 0 Å². The molecule has 0 bridgehead atoms. The number of aromatic amines is 1. The van der Waals surface area contributed by atoms with Crippen molar-refractivity contribution in [2.75, 3.05) is 31.6 Å². The summed E-state index contributed by atoms with van der Waals surface area (Å²) in [7, 11) is 1.51. The number of nitrogens with zero attached hydrogens (tertiary/aromatic N) is 2. The third-order valence-corrected chi connectivity index (χ3v) is 3.28. The summed E-state index contributed by atoms with van der Waals surface area (Å²) in [5, 5.41) is 3.35. The van der Waals surface area contributed by atoms with E-state index in [1.807, 2.05) is 0 Å². The smallest absolute Gasteiger partial charge is 0.295 e. The number of hydrogen-bond acceptors (Lipinski definition) is 5. The number of likely N-dealkylation sites (N-methyl/N-ethyl adjacent to an activating group) is 1. The molecule has 2 rings (SSSR count). The lowest BCUT2D eigenvalue weighted by atomic mass is 10.2. The van der Waals surface area contributed by atoms with Crippen LogP contribution in [0.5, 0.6) is 5.75 Å². The first-order chi connectivity index (χ1) is 8.77. The number of hydrogen-bond donors (Lipinski definition) is 2. The second-order valence-corrected chi connectivity index (χ2v) is 4.39. The molecule has 1 aliphatic rings. The van der Waals surface area contributed by atoms with Crippen LogP contribution in [0.1, 0.15) is 19.8 Å². The van der Waals surface area contributed by atoms with E-state index in [1.54, 1.807) is 0 Å². The molecule has 1 aliphatic heterocycles. The van der Waals surface area contributed by atoms with Gasteiger partial charge in [-0.3, -0.25) is 4.79 Å². The van der Waals surface area contributed by atoms with Crippen LogP contribution in [0.2, 0.25) is 0 Å². The number of nitrogens with one attached hydrogen (secondary N) is 2. The zero-order valence-corrected chi connectivity index (χ0v) is 10.9. The molecule has 2 N–H and O–H groups in total. The fourth-order valence-electron chi connectivity index (χ4n) is 2.40. The molecule has 6 nitrogen and oxygen atoms in total. The van der Waals surface area contributed by atoms with Crippen molar-refractivity contribution in [1.29, 1.82) is 0 Å². The highest BCUT2D eigenvalue weighted by molar-refractivity contribution is 5.52. The number of rotatable bonds is 5. The van der Waals surface area contributed by atoms with E-state index in [9.17, 15) is 4.79 Å². The van der Waals surface area contributed by atoms with Crippen LogP contribution in [0.4, 0.5) is 5.82 Å². The predicted octanol–water partition coefficient (Wildman–Crippen LogP) is 0.357. The minimum Gasteiger partial charge on any atom is -0.489 e. The van der Waals surface area contributed by atoms with Gasteiger partial charge in [0, 0.05) is 19.1 Å². The van der Waals surface area contributed by atoms with Crippen molar-refractivity contribution in [3.8, 4) is 5.75 Å². The molecule has 0 aliphatic carbocycles. The quantitative estimate of drug-likeness (QED) is 0.791. The Labute approximate surface area is 106 Å². The number of aromatic nitrogens is 2. The van der Waals surface area contributed by atoms with Crippen molar-refractivity contribution in [2.24, 2.45) is 0 Å². The molecule has 1 atom stereocenters. The first-order valence-electron chi connectivity index (χ1n) is 6.37. The Kier molecular flexibility index (Phi) is 4.19. The molecule has 1 saturated heterocycles. The second-order valence-electron chi connectivity index (χ2n) is 4.39. The highest BCUT2D eigenvalue weighted by Gasteiger charge is 2.28. The zero-order valence-electron chi connectivity index (χ0n) is 10.9. The molecule has 18 heavy (non-hydrogen) atoms. The van der Waals surface area contributed by atoms with Crippen LogP contribution < -0.4 is 20.5 Å². The zero-order chi connectivity index (χ0) is 13.0. The Bertz CT molecular complexity index is 446. The van der Waals surface area contributed by atoms with Crippen molar-refractivity contribution in [1.82, 2.24) is 15.3 Å².